The highest BCUT2D eigenvalue weighted by Crippen LogP contribution is 2.26. The van der Waals surface area contributed by atoms with Crippen LogP contribution in [0.25, 0.3) is 11.0 Å². The lowest BCUT2D eigenvalue weighted by Gasteiger charge is -2.15. The molecule has 1 N–H and O–H groups in total. The minimum atomic E-state index is -0.161. The third kappa shape index (κ3) is 5.87. The van der Waals surface area contributed by atoms with E-state index in [0.29, 0.717) is 24.8 Å². The fourth-order valence-electron chi connectivity index (χ4n) is 4.18. The van der Waals surface area contributed by atoms with Crippen molar-refractivity contribution in [3.05, 3.63) is 84.1 Å². The fraction of sp³-hybridized carbons (Fsp3) is 0.357. The Balaban J connectivity index is 1.31. The number of ether oxygens (including phenoxy) is 1. The summed E-state index contributed by atoms with van der Waals surface area (Å²) in [5.74, 6) is 2.66. The number of benzene rings is 2. The molecule has 2 heterocycles. The van der Waals surface area contributed by atoms with Crippen molar-refractivity contribution in [1.82, 2.24) is 14.9 Å². The van der Waals surface area contributed by atoms with Crippen LogP contribution in [0.4, 0.5) is 0 Å². The number of rotatable bonds is 12. The van der Waals surface area contributed by atoms with Crippen molar-refractivity contribution in [2.75, 3.05) is 13.2 Å². The highest BCUT2D eigenvalue weighted by molar-refractivity contribution is 5.91. The van der Waals surface area contributed by atoms with Gasteiger partial charge in [-0.3, -0.25) is 4.79 Å². The van der Waals surface area contributed by atoms with Crippen LogP contribution in [-0.2, 0) is 13.0 Å². The van der Waals surface area contributed by atoms with Gasteiger partial charge in [-0.25, -0.2) is 4.98 Å². The number of para-hydroxylation sites is 3. The monoisotopic (exact) mass is 459 g/mol. The highest BCUT2D eigenvalue weighted by atomic mass is 16.5. The zero-order valence-electron chi connectivity index (χ0n) is 20.0. The maximum Gasteiger partial charge on any atom is 0.286 e. The molecule has 4 aromatic rings. The minimum Gasteiger partial charge on any atom is -0.491 e. The van der Waals surface area contributed by atoms with Crippen LogP contribution in [0.1, 0.15) is 61.0 Å². The van der Waals surface area contributed by atoms with Crippen molar-refractivity contribution in [1.29, 1.82) is 0 Å². The summed E-state index contributed by atoms with van der Waals surface area (Å²) in [5, 5.41) is 2.90. The summed E-state index contributed by atoms with van der Waals surface area (Å²) in [6.07, 6.45) is 5.34. The van der Waals surface area contributed by atoms with Crippen LogP contribution >= 0.6 is 0 Å². The van der Waals surface area contributed by atoms with E-state index in [0.717, 1.165) is 54.8 Å². The van der Waals surface area contributed by atoms with Crippen LogP contribution in [0.5, 0.6) is 5.75 Å². The quantitative estimate of drug-likeness (QED) is 0.265. The van der Waals surface area contributed by atoms with E-state index in [1.54, 1.807) is 12.1 Å². The average molecular weight is 460 g/mol. The van der Waals surface area contributed by atoms with Gasteiger partial charge in [0.2, 0.25) is 0 Å². The molecule has 0 atom stereocenters. The van der Waals surface area contributed by atoms with Crippen LogP contribution in [-0.4, -0.2) is 28.6 Å². The molecule has 0 saturated heterocycles. The van der Waals surface area contributed by atoms with E-state index in [1.165, 1.54) is 11.8 Å². The maximum absolute atomic E-state index is 11.9. The summed E-state index contributed by atoms with van der Waals surface area (Å²) in [4.78, 5) is 16.8. The molecule has 0 fully saturated rings. The molecule has 0 aliphatic rings. The van der Waals surface area contributed by atoms with Crippen molar-refractivity contribution in [3.8, 4) is 5.75 Å². The predicted molar refractivity (Wildman–Crippen MR) is 134 cm³/mol. The van der Waals surface area contributed by atoms with E-state index in [9.17, 15) is 4.79 Å². The molecular weight excluding hydrogens is 426 g/mol. The molecular formula is C28H33N3O3. The fourth-order valence-corrected chi connectivity index (χ4v) is 4.18. The zero-order valence-corrected chi connectivity index (χ0v) is 20.0. The normalized spacial score (nSPS) is 11.3. The summed E-state index contributed by atoms with van der Waals surface area (Å²) in [6.45, 7) is 6.36. The van der Waals surface area contributed by atoms with E-state index in [4.69, 9.17) is 14.1 Å². The van der Waals surface area contributed by atoms with Crippen molar-refractivity contribution < 1.29 is 13.9 Å². The number of aryl methyl sites for hydroxylation is 1. The summed E-state index contributed by atoms with van der Waals surface area (Å²) < 4.78 is 13.6. The number of nitrogens with zero attached hydrogens (tertiary/aromatic N) is 2. The second kappa shape index (κ2) is 11.5. The predicted octanol–water partition coefficient (Wildman–Crippen LogP) is 5.97. The Labute approximate surface area is 200 Å². The lowest BCUT2D eigenvalue weighted by Crippen LogP contribution is -2.23. The third-order valence-corrected chi connectivity index (χ3v) is 5.95. The zero-order chi connectivity index (χ0) is 23.8. The van der Waals surface area contributed by atoms with Gasteiger partial charge in [0.25, 0.3) is 5.91 Å². The summed E-state index contributed by atoms with van der Waals surface area (Å²) in [7, 11) is 0. The van der Waals surface area contributed by atoms with E-state index in [-0.39, 0.29) is 5.91 Å². The molecule has 0 radical (unpaired) electrons. The first-order valence-electron chi connectivity index (χ1n) is 12.1. The van der Waals surface area contributed by atoms with E-state index in [1.807, 2.05) is 18.2 Å². The number of unbranched alkanes of at least 4 members (excludes halogenated alkanes) is 2. The van der Waals surface area contributed by atoms with Crippen LogP contribution in [0.2, 0.25) is 0 Å². The summed E-state index contributed by atoms with van der Waals surface area (Å²) >= 11 is 0. The van der Waals surface area contributed by atoms with Gasteiger partial charge >= 0.3 is 0 Å². The van der Waals surface area contributed by atoms with Gasteiger partial charge < -0.3 is 19.0 Å². The number of fused-ring (bicyclic) bond motifs is 1. The number of aromatic nitrogens is 2. The summed E-state index contributed by atoms with van der Waals surface area (Å²) in [5.41, 5.74) is 3.40. The molecule has 0 spiro atoms. The van der Waals surface area contributed by atoms with Gasteiger partial charge in [-0.15, -0.1) is 0 Å². The van der Waals surface area contributed by atoms with E-state index >= 15 is 0 Å². The van der Waals surface area contributed by atoms with Gasteiger partial charge in [0.05, 0.1) is 23.8 Å². The highest BCUT2D eigenvalue weighted by Gasteiger charge is 2.12. The number of carbonyl (C=O) groups is 1. The van der Waals surface area contributed by atoms with Gasteiger partial charge in [-0.1, -0.05) is 50.6 Å². The van der Waals surface area contributed by atoms with Gasteiger partial charge in [0.15, 0.2) is 5.76 Å². The Bertz CT molecular complexity index is 1190. The van der Waals surface area contributed by atoms with E-state index in [2.05, 4.69) is 54.1 Å². The molecule has 6 nitrogen and oxygen atoms in total. The first-order chi connectivity index (χ1) is 16.6. The summed E-state index contributed by atoms with van der Waals surface area (Å²) in [6, 6.07) is 19.9. The lowest BCUT2D eigenvalue weighted by atomic mass is 10.0. The van der Waals surface area contributed by atoms with Crippen molar-refractivity contribution >= 4 is 16.9 Å². The smallest absolute Gasteiger partial charge is 0.286 e. The molecule has 1 amide bonds. The molecule has 4 rings (SSSR count). The van der Waals surface area contributed by atoms with E-state index < -0.39 is 0 Å². The van der Waals surface area contributed by atoms with Crippen LogP contribution < -0.4 is 10.1 Å². The van der Waals surface area contributed by atoms with Crippen LogP contribution in [0.15, 0.2) is 71.3 Å². The van der Waals surface area contributed by atoms with Crippen molar-refractivity contribution in [2.24, 2.45) is 0 Å². The van der Waals surface area contributed by atoms with Crippen LogP contribution in [0, 0.1) is 0 Å². The Morgan fingerprint density at radius 1 is 1.03 bits per heavy atom. The first kappa shape index (κ1) is 23.6. The number of imidazole rings is 1. The minimum absolute atomic E-state index is 0.161. The molecule has 34 heavy (non-hydrogen) atoms. The Morgan fingerprint density at radius 3 is 2.68 bits per heavy atom. The molecule has 0 aliphatic carbocycles. The number of hydrogen-bond donors (Lipinski definition) is 1. The van der Waals surface area contributed by atoms with Gasteiger partial charge in [0, 0.05) is 13.0 Å². The number of carbonyl (C=O) groups excluding carboxylic acids is 1. The number of furan rings is 1. The van der Waals surface area contributed by atoms with Gasteiger partial charge in [0.1, 0.15) is 18.2 Å². The Kier molecular flexibility index (Phi) is 8.02. The SMILES string of the molecule is CC(C)c1ccccc1OCCn1c(CCCCCNC(=O)c2ccco2)nc2ccccc21. The third-order valence-electron chi connectivity index (χ3n) is 5.95. The van der Waals surface area contributed by atoms with Gasteiger partial charge in [-0.2, -0.15) is 0 Å². The Morgan fingerprint density at radius 2 is 1.85 bits per heavy atom. The molecule has 0 unspecified atom stereocenters. The van der Waals surface area contributed by atoms with Crippen molar-refractivity contribution in [2.45, 2.75) is 52.0 Å². The molecule has 2 aromatic heterocycles. The lowest BCUT2D eigenvalue weighted by molar-refractivity contribution is 0.0925. The maximum atomic E-state index is 11.9. The number of hydrogen-bond acceptors (Lipinski definition) is 4. The molecule has 0 saturated carbocycles. The molecule has 178 valence electrons. The topological polar surface area (TPSA) is 69.3 Å². The second-order valence-corrected chi connectivity index (χ2v) is 8.75. The van der Waals surface area contributed by atoms with Gasteiger partial charge in [-0.05, 0) is 54.7 Å². The average Bonchev–Trinajstić information content (AvgIpc) is 3.50. The number of nitrogens with one attached hydrogen (secondary N) is 1. The molecule has 0 aliphatic heterocycles. The molecule has 6 heteroatoms. The molecule has 2 aromatic carbocycles. The number of amides is 1. The molecule has 0 bridgehead atoms. The van der Waals surface area contributed by atoms with Crippen molar-refractivity contribution in [3.63, 3.8) is 0 Å². The second-order valence-electron chi connectivity index (χ2n) is 8.75. The first-order valence-corrected chi connectivity index (χ1v) is 12.1. The largest absolute Gasteiger partial charge is 0.491 e. The Hall–Kier alpha value is -3.54. The standard InChI is InChI=1S/C28H33N3O3/c1-21(2)22-11-5-8-14-25(22)34-20-18-31-24-13-7-6-12-23(24)30-27(31)16-4-3-9-17-29-28(32)26-15-10-19-33-26/h5-8,10-15,19,21H,3-4,9,16-18,20H2,1-2H3,(H,29,32). The van der Waals surface area contributed by atoms with Crippen LogP contribution in [0.3, 0.4) is 0 Å².